The number of terminal acetylenes is 1. The predicted molar refractivity (Wildman–Crippen MR) is 140 cm³/mol. The third-order valence-corrected chi connectivity index (χ3v) is 7.52. The Labute approximate surface area is 214 Å². The van der Waals surface area contributed by atoms with Gasteiger partial charge in [-0.2, -0.15) is 9.97 Å². The van der Waals surface area contributed by atoms with E-state index >= 15 is 0 Å². The Morgan fingerprint density at radius 3 is 2.86 bits per heavy atom. The van der Waals surface area contributed by atoms with Gasteiger partial charge in [-0.1, -0.05) is 42.3 Å². The molecule has 2 aromatic carbocycles. The molecule has 0 spiro atoms. The van der Waals surface area contributed by atoms with Gasteiger partial charge >= 0.3 is 8.25 Å². The molecular weight excluding hydrogens is 491 g/mol. The molecule has 11 heteroatoms. The largest absolute Gasteiger partial charge is 0.750 e. The van der Waals surface area contributed by atoms with Crippen molar-refractivity contribution in [2.45, 2.75) is 37.6 Å². The molecule has 4 unspecified atom stereocenters. The van der Waals surface area contributed by atoms with Crippen LogP contribution in [0, 0.1) is 18.3 Å². The van der Waals surface area contributed by atoms with E-state index in [2.05, 4.69) is 25.8 Å². The summed E-state index contributed by atoms with van der Waals surface area (Å²) in [6, 6.07) is 13.7. The zero-order valence-electron chi connectivity index (χ0n) is 20.2. The third kappa shape index (κ3) is 4.58. The van der Waals surface area contributed by atoms with E-state index in [1.807, 2.05) is 43.4 Å². The molecular formula is C26H26N6O4P+. The molecule has 1 saturated heterocycles. The summed E-state index contributed by atoms with van der Waals surface area (Å²) in [5.74, 6) is 3.90. The molecule has 2 N–H and O–H groups in total. The molecule has 0 amide bonds. The van der Waals surface area contributed by atoms with E-state index in [1.165, 1.54) is 0 Å². The predicted octanol–water partition coefficient (Wildman–Crippen LogP) is 4.45. The van der Waals surface area contributed by atoms with Gasteiger partial charge in [-0.15, -0.1) is 10.9 Å². The highest BCUT2D eigenvalue weighted by molar-refractivity contribution is 7.33. The third-order valence-electron chi connectivity index (χ3n) is 6.82. The number of nitrogens with two attached hydrogens (primary N) is 1. The molecule has 4 aromatic rings. The first-order valence-corrected chi connectivity index (χ1v) is 13.2. The zero-order chi connectivity index (χ0) is 25.5. The Hall–Kier alpha value is -3.77. The highest BCUT2D eigenvalue weighted by atomic mass is 31.1. The summed E-state index contributed by atoms with van der Waals surface area (Å²) in [6.07, 6.45) is 9.35. The van der Waals surface area contributed by atoms with E-state index in [4.69, 9.17) is 25.9 Å². The molecule has 0 bridgehead atoms. The van der Waals surface area contributed by atoms with Crippen LogP contribution in [0.1, 0.15) is 25.5 Å². The van der Waals surface area contributed by atoms with Crippen LogP contribution in [0.15, 0.2) is 48.8 Å². The number of aromatic nitrogens is 4. The minimum atomic E-state index is -2.41. The topological polar surface area (TPSA) is 118 Å². The molecule has 2 aromatic heterocycles. The van der Waals surface area contributed by atoms with Gasteiger partial charge in [0.1, 0.15) is 6.61 Å². The van der Waals surface area contributed by atoms with Crippen molar-refractivity contribution in [3.05, 3.63) is 48.8 Å². The minimum absolute atomic E-state index is 0.0636. The lowest BCUT2D eigenvalue weighted by molar-refractivity contribution is -0.0219. The fraction of sp³-hybridized carbons (Fsp3) is 0.346. The van der Waals surface area contributed by atoms with Crippen molar-refractivity contribution in [3.63, 3.8) is 0 Å². The lowest BCUT2D eigenvalue weighted by Crippen LogP contribution is -2.22. The van der Waals surface area contributed by atoms with Crippen LogP contribution in [0.25, 0.3) is 21.9 Å². The van der Waals surface area contributed by atoms with Crippen molar-refractivity contribution in [2.24, 2.45) is 5.92 Å². The fourth-order valence-corrected chi connectivity index (χ4v) is 5.44. The summed E-state index contributed by atoms with van der Waals surface area (Å²) in [4.78, 5) is 15.5. The molecule has 188 valence electrons. The van der Waals surface area contributed by atoms with Crippen molar-refractivity contribution in [3.8, 4) is 18.1 Å². The van der Waals surface area contributed by atoms with Gasteiger partial charge in [0, 0.05) is 23.0 Å². The van der Waals surface area contributed by atoms with Crippen molar-refractivity contribution < 1.29 is 18.3 Å². The highest BCUT2D eigenvalue weighted by Gasteiger charge is 2.39. The summed E-state index contributed by atoms with van der Waals surface area (Å²) < 4.78 is 31.8. The number of hydrogen-bond acceptors (Lipinski definition) is 9. The number of nitrogen functional groups attached to an aromatic ring is 1. The number of nitrogens with zero attached hydrogens (tertiary/aromatic N) is 5. The lowest BCUT2D eigenvalue weighted by atomic mass is 10.0. The van der Waals surface area contributed by atoms with Crippen molar-refractivity contribution in [1.82, 2.24) is 19.5 Å². The van der Waals surface area contributed by atoms with Crippen LogP contribution in [-0.4, -0.2) is 45.3 Å². The molecule has 3 heterocycles. The Kier molecular flexibility index (Phi) is 6.13. The van der Waals surface area contributed by atoms with Gasteiger partial charge in [-0.25, -0.2) is 9.51 Å². The zero-order valence-corrected chi connectivity index (χ0v) is 21.1. The maximum Gasteiger partial charge on any atom is 0.750 e. The van der Waals surface area contributed by atoms with Crippen LogP contribution >= 0.6 is 8.25 Å². The van der Waals surface area contributed by atoms with Crippen LogP contribution in [0.4, 0.5) is 11.8 Å². The number of ether oxygens (including phenoxy) is 1. The maximum absolute atomic E-state index is 12.6. The smallest absolute Gasteiger partial charge is 0.368 e. The van der Waals surface area contributed by atoms with Gasteiger partial charge in [0.05, 0.1) is 18.3 Å². The Bertz CT molecular complexity index is 1530. The summed E-state index contributed by atoms with van der Waals surface area (Å²) in [6.45, 7) is 0.0636. The standard InChI is InChI=1S/C26H26N6O4P/c1-3-16-13-19(14-34-37(33)36-21-10-6-8-17-7-4-5-9-20(17)21)35-25(16)32-15-28-22-23(31(2)18-11-12-18)29-26(27)30-24(22)32/h1,4-10,15-16,18-19,25H,11-14H2,2H3,(H2,27,29,30)/q+1. The van der Waals surface area contributed by atoms with Crippen molar-refractivity contribution >= 4 is 42.0 Å². The monoisotopic (exact) mass is 517 g/mol. The average Bonchev–Trinajstić information content (AvgIpc) is 3.55. The molecule has 1 aliphatic carbocycles. The van der Waals surface area contributed by atoms with E-state index in [9.17, 15) is 4.57 Å². The van der Waals surface area contributed by atoms with E-state index in [-0.39, 0.29) is 24.6 Å². The van der Waals surface area contributed by atoms with E-state index in [0.717, 1.165) is 23.6 Å². The lowest BCUT2D eigenvalue weighted by Gasteiger charge is -2.19. The number of fused-ring (bicyclic) bond motifs is 2. The molecule has 2 aliphatic rings. The molecule has 1 saturated carbocycles. The molecule has 2 fully saturated rings. The summed E-state index contributed by atoms with van der Waals surface area (Å²) in [7, 11) is -0.423. The van der Waals surface area contributed by atoms with Gasteiger partial charge in [0.25, 0.3) is 0 Å². The van der Waals surface area contributed by atoms with Crippen LogP contribution in [0.5, 0.6) is 5.75 Å². The number of hydrogen-bond donors (Lipinski definition) is 1. The highest BCUT2D eigenvalue weighted by Crippen LogP contribution is 2.40. The van der Waals surface area contributed by atoms with Crippen molar-refractivity contribution in [2.75, 3.05) is 24.3 Å². The second-order valence-corrected chi connectivity index (χ2v) is 10.2. The Morgan fingerprint density at radius 2 is 2.05 bits per heavy atom. The Balaban J connectivity index is 1.16. The second kappa shape index (κ2) is 9.60. The van der Waals surface area contributed by atoms with E-state index < -0.39 is 14.5 Å². The van der Waals surface area contributed by atoms with Crippen LogP contribution in [0.3, 0.4) is 0 Å². The van der Waals surface area contributed by atoms with Gasteiger partial charge in [-0.05, 0) is 30.7 Å². The molecule has 1 aliphatic heterocycles. The number of benzene rings is 2. The molecule has 4 atom stereocenters. The second-order valence-electron chi connectivity index (χ2n) is 9.32. The maximum atomic E-state index is 12.6. The molecule has 37 heavy (non-hydrogen) atoms. The molecule has 10 nitrogen and oxygen atoms in total. The number of rotatable bonds is 8. The summed E-state index contributed by atoms with van der Waals surface area (Å²) in [5, 5.41) is 1.85. The van der Waals surface area contributed by atoms with Crippen LogP contribution in [-0.2, 0) is 13.8 Å². The average molecular weight is 518 g/mol. The Morgan fingerprint density at radius 1 is 1.24 bits per heavy atom. The van der Waals surface area contributed by atoms with Gasteiger partial charge in [0.2, 0.25) is 5.95 Å². The molecule has 6 rings (SSSR count). The SMILES string of the molecule is C#CC1CC(CO[P+](=O)Oc2cccc3ccccc23)OC1n1cnc2c(N(C)C3CC3)nc(N)nc21. The van der Waals surface area contributed by atoms with Gasteiger partial charge < -0.3 is 15.4 Å². The van der Waals surface area contributed by atoms with E-state index in [0.29, 0.717) is 35.2 Å². The minimum Gasteiger partial charge on any atom is -0.368 e. The quantitative estimate of drug-likeness (QED) is 0.267. The summed E-state index contributed by atoms with van der Waals surface area (Å²) in [5.41, 5.74) is 7.26. The molecule has 0 radical (unpaired) electrons. The first-order valence-electron chi connectivity index (χ1n) is 12.1. The van der Waals surface area contributed by atoms with Crippen LogP contribution < -0.4 is 15.2 Å². The fourth-order valence-electron chi connectivity index (χ4n) is 4.78. The summed E-state index contributed by atoms with van der Waals surface area (Å²) >= 11 is 0. The first-order chi connectivity index (χ1) is 18.0. The van der Waals surface area contributed by atoms with Gasteiger partial charge in [-0.3, -0.25) is 4.57 Å². The number of anilines is 2. The number of imidazole rings is 1. The first kappa shape index (κ1) is 23.6. The van der Waals surface area contributed by atoms with E-state index in [1.54, 1.807) is 17.0 Å². The normalized spacial score (nSPS) is 21.7. The van der Waals surface area contributed by atoms with Crippen LogP contribution in [0.2, 0.25) is 0 Å². The van der Waals surface area contributed by atoms with Gasteiger partial charge in [0.15, 0.2) is 29.0 Å². The van der Waals surface area contributed by atoms with Crippen molar-refractivity contribution in [1.29, 1.82) is 0 Å².